The van der Waals surface area contributed by atoms with E-state index in [-0.39, 0.29) is 10.6 Å². The molecule has 0 saturated carbocycles. The molecular weight excluding hydrogens is 246 g/mol. The molecule has 1 aromatic rings. The van der Waals surface area contributed by atoms with Crippen LogP contribution < -0.4 is 10.5 Å². The summed E-state index contributed by atoms with van der Waals surface area (Å²) in [5.74, 6) is 1.05. The Bertz CT molecular complexity index is 436. The van der Waals surface area contributed by atoms with Crippen LogP contribution in [0, 0.1) is 0 Å². The average molecular weight is 260 g/mol. The maximum absolute atomic E-state index is 11.4. The molecule has 1 aliphatic heterocycles. The third-order valence-corrected chi connectivity index (χ3v) is 4.67. The molecule has 4 nitrogen and oxygen atoms in total. The molecule has 1 N–H and O–H groups in total. The van der Waals surface area contributed by atoms with E-state index in [0.29, 0.717) is 11.3 Å². The molecule has 6 heteroatoms. The maximum atomic E-state index is 11.4. The highest BCUT2D eigenvalue weighted by molar-refractivity contribution is 8.00. The third-order valence-electron chi connectivity index (χ3n) is 2.97. The summed E-state index contributed by atoms with van der Waals surface area (Å²) >= 11 is 7.95. The number of H-pyrrole nitrogens is 1. The predicted molar refractivity (Wildman–Crippen MR) is 68.6 cm³/mol. The topological polar surface area (TPSA) is 49.0 Å². The second kappa shape index (κ2) is 4.67. The highest BCUT2D eigenvalue weighted by Gasteiger charge is 2.27. The Labute approximate surface area is 103 Å². The Balaban J connectivity index is 2.36. The largest absolute Gasteiger partial charge is 0.364 e. The summed E-state index contributed by atoms with van der Waals surface area (Å²) in [5.41, 5.74) is 0.419. The number of hydrogen-bond donors (Lipinski definition) is 1. The van der Waals surface area contributed by atoms with Gasteiger partial charge in [0, 0.05) is 23.6 Å². The van der Waals surface area contributed by atoms with Crippen molar-refractivity contribution >= 4 is 29.1 Å². The van der Waals surface area contributed by atoms with E-state index in [9.17, 15) is 4.79 Å². The SMILES string of the molecule is CC1SCCN(c2cn[nH]c(=O)c2Cl)C1C. The Kier molecular flexibility index (Phi) is 3.44. The minimum Gasteiger partial charge on any atom is -0.364 e. The summed E-state index contributed by atoms with van der Waals surface area (Å²) in [6.07, 6.45) is 1.63. The summed E-state index contributed by atoms with van der Waals surface area (Å²) in [7, 11) is 0. The maximum Gasteiger partial charge on any atom is 0.285 e. The van der Waals surface area contributed by atoms with Crippen LogP contribution in [0.4, 0.5) is 5.69 Å². The smallest absolute Gasteiger partial charge is 0.285 e. The van der Waals surface area contributed by atoms with Gasteiger partial charge in [0.1, 0.15) is 5.02 Å². The van der Waals surface area contributed by atoms with Crippen molar-refractivity contribution in [2.24, 2.45) is 0 Å². The second-order valence-electron chi connectivity index (χ2n) is 3.91. The Hall–Kier alpha value is -0.680. The zero-order valence-corrected chi connectivity index (χ0v) is 10.8. The molecule has 88 valence electrons. The molecular formula is C10H14ClN3OS. The fourth-order valence-electron chi connectivity index (χ4n) is 1.85. The first-order chi connectivity index (χ1) is 7.61. The Morgan fingerprint density at radius 3 is 3.12 bits per heavy atom. The molecule has 0 aliphatic carbocycles. The lowest BCUT2D eigenvalue weighted by Gasteiger charge is -2.39. The van der Waals surface area contributed by atoms with Crippen molar-refractivity contribution in [1.82, 2.24) is 10.2 Å². The molecule has 1 saturated heterocycles. The summed E-state index contributed by atoms with van der Waals surface area (Å²) in [6, 6.07) is 0.361. The van der Waals surface area contributed by atoms with Gasteiger partial charge in [-0.3, -0.25) is 4.79 Å². The Morgan fingerprint density at radius 2 is 2.38 bits per heavy atom. The molecule has 16 heavy (non-hydrogen) atoms. The lowest BCUT2D eigenvalue weighted by molar-refractivity contribution is 0.625. The van der Waals surface area contributed by atoms with Crippen molar-refractivity contribution in [3.63, 3.8) is 0 Å². The summed E-state index contributed by atoms with van der Waals surface area (Å²) < 4.78 is 0. The van der Waals surface area contributed by atoms with Crippen molar-refractivity contribution in [2.75, 3.05) is 17.2 Å². The van der Waals surface area contributed by atoms with E-state index >= 15 is 0 Å². The standard InChI is InChI=1S/C10H14ClN3OS/c1-6-7(2)16-4-3-14(6)8-5-12-13-10(15)9(8)11/h5-7H,3-4H2,1-2H3,(H,13,15). The highest BCUT2D eigenvalue weighted by atomic mass is 35.5. The number of thioether (sulfide) groups is 1. The van der Waals surface area contributed by atoms with Gasteiger partial charge in [-0.25, -0.2) is 5.10 Å². The first-order valence-electron chi connectivity index (χ1n) is 5.22. The van der Waals surface area contributed by atoms with E-state index < -0.39 is 0 Å². The van der Waals surface area contributed by atoms with Crippen LogP contribution in [-0.4, -0.2) is 33.8 Å². The molecule has 2 unspecified atom stereocenters. The van der Waals surface area contributed by atoms with E-state index in [0.717, 1.165) is 18.0 Å². The van der Waals surface area contributed by atoms with Crippen molar-refractivity contribution in [1.29, 1.82) is 0 Å². The van der Waals surface area contributed by atoms with Gasteiger partial charge in [-0.15, -0.1) is 0 Å². The van der Waals surface area contributed by atoms with E-state index in [1.54, 1.807) is 6.20 Å². The number of rotatable bonds is 1. The van der Waals surface area contributed by atoms with Gasteiger partial charge >= 0.3 is 0 Å². The van der Waals surface area contributed by atoms with E-state index in [1.165, 1.54) is 0 Å². The van der Waals surface area contributed by atoms with Gasteiger partial charge in [0.05, 0.1) is 11.9 Å². The molecule has 2 heterocycles. The summed E-state index contributed by atoms with van der Waals surface area (Å²) in [5, 5.41) is 6.91. The first kappa shape index (κ1) is 11.8. The molecule has 0 aromatic carbocycles. The van der Waals surface area contributed by atoms with Crippen LogP contribution in [-0.2, 0) is 0 Å². The molecule has 0 amide bonds. The molecule has 1 aromatic heterocycles. The molecule has 2 rings (SSSR count). The monoisotopic (exact) mass is 259 g/mol. The van der Waals surface area contributed by atoms with Gasteiger partial charge in [-0.05, 0) is 6.92 Å². The molecule has 2 atom stereocenters. The van der Waals surface area contributed by atoms with E-state index in [4.69, 9.17) is 11.6 Å². The van der Waals surface area contributed by atoms with Crippen LogP contribution in [0.3, 0.4) is 0 Å². The van der Waals surface area contributed by atoms with E-state index in [1.807, 2.05) is 11.8 Å². The second-order valence-corrected chi connectivity index (χ2v) is 5.77. The average Bonchev–Trinajstić information content (AvgIpc) is 2.27. The van der Waals surface area contributed by atoms with Crippen molar-refractivity contribution in [3.05, 3.63) is 21.6 Å². The number of nitrogens with one attached hydrogen (secondary N) is 1. The van der Waals surface area contributed by atoms with Crippen LogP contribution in [0.5, 0.6) is 0 Å². The minimum absolute atomic E-state index is 0.237. The van der Waals surface area contributed by atoms with Gasteiger partial charge in [0.15, 0.2) is 0 Å². The van der Waals surface area contributed by atoms with E-state index in [2.05, 4.69) is 28.9 Å². The molecule has 0 spiro atoms. The molecule has 0 radical (unpaired) electrons. The quantitative estimate of drug-likeness (QED) is 0.835. The van der Waals surface area contributed by atoms with Crippen molar-refractivity contribution in [3.8, 4) is 0 Å². The van der Waals surface area contributed by atoms with Crippen LogP contribution in [0.2, 0.25) is 5.02 Å². The van der Waals surface area contributed by atoms with Gasteiger partial charge in [-0.2, -0.15) is 16.9 Å². The van der Waals surface area contributed by atoms with Crippen LogP contribution in [0.25, 0.3) is 0 Å². The predicted octanol–water partition coefficient (Wildman–Crippen LogP) is 1.75. The summed E-state index contributed by atoms with van der Waals surface area (Å²) in [4.78, 5) is 13.5. The number of anilines is 1. The van der Waals surface area contributed by atoms with Gasteiger partial charge in [-0.1, -0.05) is 18.5 Å². The number of nitrogens with zero attached hydrogens (tertiary/aromatic N) is 2. The molecule has 0 bridgehead atoms. The minimum atomic E-state index is -0.322. The lowest BCUT2D eigenvalue weighted by atomic mass is 10.2. The number of aromatic nitrogens is 2. The molecule has 1 fully saturated rings. The van der Waals surface area contributed by atoms with Crippen molar-refractivity contribution < 1.29 is 0 Å². The van der Waals surface area contributed by atoms with Gasteiger partial charge in [0.2, 0.25) is 0 Å². The lowest BCUT2D eigenvalue weighted by Crippen LogP contribution is -2.45. The zero-order valence-electron chi connectivity index (χ0n) is 9.24. The van der Waals surface area contributed by atoms with Crippen LogP contribution in [0.1, 0.15) is 13.8 Å². The zero-order chi connectivity index (χ0) is 11.7. The molecule has 1 aliphatic rings. The van der Waals surface area contributed by atoms with Crippen molar-refractivity contribution in [2.45, 2.75) is 25.1 Å². The van der Waals surface area contributed by atoms with Crippen LogP contribution >= 0.6 is 23.4 Å². The summed E-state index contributed by atoms with van der Waals surface area (Å²) in [6.45, 7) is 5.24. The number of aromatic amines is 1. The first-order valence-corrected chi connectivity index (χ1v) is 6.65. The fourth-order valence-corrected chi connectivity index (χ4v) is 3.15. The number of halogens is 1. The van der Waals surface area contributed by atoms with Gasteiger partial charge in [0.25, 0.3) is 5.56 Å². The number of hydrogen-bond acceptors (Lipinski definition) is 4. The van der Waals surface area contributed by atoms with Gasteiger partial charge < -0.3 is 4.90 Å². The highest BCUT2D eigenvalue weighted by Crippen LogP contribution is 2.31. The normalized spacial score (nSPS) is 25.8. The Morgan fingerprint density at radius 1 is 1.62 bits per heavy atom. The van der Waals surface area contributed by atoms with Crippen LogP contribution in [0.15, 0.2) is 11.0 Å². The third kappa shape index (κ3) is 2.06. The fraction of sp³-hybridized carbons (Fsp3) is 0.600.